The third-order valence-electron chi connectivity index (χ3n) is 11.1. The molecule has 1 unspecified atom stereocenters. The van der Waals surface area contributed by atoms with Crippen molar-refractivity contribution in [3.8, 4) is 11.1 Å². The summed E-state index contributed by atoms with van der Waals surface area (Å²) in [5.41, 5.74) is 16.5. The molecule has 0 N–H and O–H groups in total. The summed E-state index contributed by atoms with van der Waals surface area (Å²) in [4.78, 5) is 0. The quantitative estimate of drug-likeness (QED) is 0.262. The maximum Gasteiger partial charge on any atom is -1.00 e. The fraction of sp³-hybridized carbons (Fsp3) is 0.326. The minimum Gasteiger partial charge on any atom is -1.00 e. The molecule has 0 spiro atoms. The van der Waals surface area contributed by atoms with Gasteiger partial charge in [0.2, 0.25) is 0 Å². The minimum atomic E-state index is -2.79. The molecule has 0 aromatic heterocycles. The monoisotopic (exact) mass is 722 g/mol. The van der Waals surface area contributed by atoms with Crippen LogP contribution >= 0.6 is 0 Å². The number of rotatable bonds is 5. The van der Waals surface area contributed by atoms with Gasteiger partial charge in [-0.2, -0.15) is 0 Å². The van der Waals surface area contributed by atoms with Crippen LogP contribution in [0.2, 0.25) is 0 Å². The Morgan fingerprint density at radius 3 is 1.59 bits per heavy atom. The second kappa shape index (κ2) is 14.0. The van der Waals surface area contributed by atoms with Gasteiger partial charge in [0.25, 0.3) is 0 Å². The average molecular weight is 725 g/mol. The van der Waals surface area contributed by atoms with Gasteiger partial charge in [-0.1, -0.05) is 0 Å². The Kier molecular flexibility index (Phi) is 10.7. The van der Waals surface area contributed by atoms with Crippen LogP contribution in [0.25, 0.3) is 11.1 Å². The maximum atomic E-state index is 2.76. The molecule has 46 heavy (non-hydrogen) atoms. The van der Waals surface area contributed by atoms with Crippen LogP contribution in [0.1, 0.15) is 94.1 Å². The van der Waals surface area contributed by atoms with E-state index in [-0.39, 0.29) is 24.8 Å². The van der Waals surface area contributed by atoms with Crippen molar-refractivity contribution in [2.45, 2.75) is 77.3 Å². The van der Waals surface area contributed by atoms with Gasteiger partial charge < -0.3 is 24.8 Å². The van der Waals surface area contributed by atoms with Crippen molar-refractivity contribution >= 4 is 3.21 Å². The molecule has 4 aromatic rings. The molecule has 0 amide bonds. The Morgan fingerprint density at radius 2 is 1.11 bits per heavy atom. The standard InChI is InChI=1S/C17H17.C13H19.C13H10.2ClH.Zr/c1-10-5-14-9-15-6-11(2)13(4)8-17(15)16(14)7-12(10)3;1-11-6-7-12(10-11)13(2)8-4-3-5-9-13;1-3-7-12(8-4-1)11-13-9-5-2-6-10-13;;;/h5-9H,1-4H3;7,10-11H,3-5,8-9H2,1-2H3;1-10H;2*1H;/q;;;;;+2/p-2. The molecule has 1 saturated carbocycles. The predicted octanol–water partition coefficient (Wildman–Crippen LogP) is 5.32. The van der Waals surface area contributed by atoms with E-state index in [9.17, 15) is 0 Å². The van der Waals surface area contributed by atoms with Gasteiger partial charge in [0.1, 0.15) is 0 Å². The van der Waals surface area contributed by atoms with Crippen molar-refractivity contribution < 1.29 is 46.1 Å². The SMILES string of the molecule is Cc1cc2c(cc1C)[CH]([Zr+2]([C]1=CC(C3(C)CCCCC3)=CC1C)=[C](c1ccccc1)c1ccccc1)c1cc(C)c(C)cc1-2.[Cl-].[Cl-]. The van der Waals surface area contributed by atoms with E-state index in [2.05, 4.69) is 139 Å². The Labute approximate surface area is 297 Å². The summed E-state index contributed by atoms with van der Waals surface area (Å²) in [6.07, 6.45) is 12.2. The summed E-state index contributed by atoms with van der Waals surface area (Å²) in [6, 6.07) is 33.0. The maximum absolute atomic E-state index is 2.79. The summed E-state index contributed by atoms with van der Waals surface area (Å²) >= 11 is -2.79. The molecule has 0 aliphatic heterocycles. The van der Waals surface area contributed by atoms with E-state index in [0.29, 0.717) is 15.0 Å². The molecule has 1 atom stereocenters. The molecule has 0 nitrogen and oxygen atoms in total. The first-order chi connectivity index (χ1) is 21.2. The molecule has 236 valence electrons. The van der Waals surface area contributed by atoms with Crippen LogP contribution in [0, 0.1) is 39.0 Å². The number of aryl methyl sites for hydroxylation is 4. The van der Waals surface area contributed by atoms with E-state index < -0.39 is 21.3 Å². The van der Waals surface area contributed by atoms with Gasteiger partial charge in [-0.05, 0) is 0 Å². The largest absolute Gasteiger partial charge is 1.00 e. The van der Waals surface area contributed by atoms with Crippen LogP contribution in [-0.4, -0.2) is 3.21 Å². The predicted molar refractivity (Wildman–Crippen MR) is 185 cm³/mol. The minimum absolute atomic E-state index is 0. The van der Waals surface area contributed by atoms with E-state index in [1.54, 1.807) is 23.2 Å². The van der Waals surface area contributed by atoms with Crippen LogP contribution in [-0.2, 0) is 21.3 Å². The van der Waals surface area contributed by atoms with E-state index in [1.165, 1.54) is 76.6 Å². The zero-order chi connectivity index (χ0) is 30.6. The second-order valence-electron chi connectivity index (χ2n) is 14.1. The molecule has 3 aliphatic rings. The van der Waals surface area contributed by atoms with Gasteiger partial charge in [-0.25, -0.2) is 0 Å². The number of hydrogen-bond acceptors (Lipinski definition) is 0. The Morgan fingerprint density at radius 1 is 0.652 bits per heavy atom. The van der Waals surface area contributed by atoms with Crippen molar-refractivity contribution in [2.75, 3.05) is 0 Å². The molecule has 0 radical (unpaired) electrons. The van der Waals surface area contributed by atoms with Crippen molar-refractivity contribution in [1.82, 2.24) is 0 Å². The summed E-state index contributed by atoms with van der Waals surface area (Å²) in [6.45, 7) is 14.3. The first-order valence-corrected chi connectivity index (χ1v) is 20.6. The molecule has 4 aromatic carbocycles. The fourth-order valence-electron chi connectivity index (χ4n) is 8.27. The summed E-state index contributed by atoms with van der Waals surface area (Å²) in [7, 11) is 0. The van der Waals surface area contributed by atoms with Gasteiger partial charge in [0.05, 0.1) is 0 Å². The topological polar surface area (TPSA) is 0 Å². The van der Waals surface area contributed by atoms with E-state index in [0.717, 1.165) is 0 Å². The van der Waals surface area contributed by atoms with E-state index in [1.807, 2.05) is 0 Å². The number of benzene rings is 4. The number of halogens is 2. The third-order valence-corrected chi connectivity index (χ3v) is 19.8. The smallest absolute Gasteiger partial charge is 1.00 e. The Hall–Kier alpha value is -2.31. The fourth-order valence-corrected chi connectivity index (χ4v) is 17.7. The van der Waals surface area contributed by atoms with Crippen LogP contribution in [0.15, 0.2) is 106 Å². The van der Waals surface area contributed by atoms with Crippen molar-refractivity contribution in [2.24, 2.45) is 11.3 Å². The zero-order valence-corrected chi connectivity index (χ0v) is 32.2. The average Bonchev–Trinajstić information content (AvgIpc) is 3.55. The number of fused-ring (bicyclic) bond motifs is 3. The number of hydrogen-bond donors (Lipinski definition) is 0. The van der Waals surface area contributed by atoms with E-state index in [4.69, 9.17) is 0 Å². The summed E-state index contributed by atoms with van der Waals surface area (Å²) in [5.74, 6) is 0.478. The first kappa shape index (κ1) is 35.0. The molecule has 0 bridgehead atoms. The van der Waals surface area contributed by atoms with Crippen molar-refractivity contribution in [3.63, 3.8) is 0 Å². The molecular weight excluding hydrogens is 679 g/mol. The first-order valence-electron chi connectivity index (χ1n) is 16.8. The van der Waals surface area contributed by atoms with Crippen molar-refractivity contribution in [1.29, 1.82) is 0 Å². The Balaban J connectivity index is 0.00000208. The normalized spacial score (nSPS) is 17.8. The van der Waals surface area contributed by atoms with Crippen LogP contribution in [0.3, 0.4) is 0 Å². The van der Waals surface area contributed by atoms with Crippen LogP contribution in [0.4, 0.5) is 0 Å². The van der Waals surface area contributed by atoms with Gasteiger partial charge in [-0.15, -0.1) is 0 Å². The van der Waals surface area contributed by atoms with Gasteiger partial charge in [-0.3, -0.25) is 0 Å². The Bertz CT molecular complexity index is 1740. The van der Waals surface area contributed by atoms with Gasteiger partial charge in [0.15, 0.2) is 0 Å². The second-order valence-corrected chi connectivity index (χ2v) is 20.2. The van der Waals surface area contributed by atoms with Crippen molar-refractivity contribution in [3.05, 3.63) is 150 Å². The summed E-state index contributed by atoms with van der Waals surface area (Å²) in [5, 5.41) is 0. The third kappa shape index (κ3) is 6.18. The van der Waals surface area contributed by atoms with Crippen LogP contribution in [0.5, 0.6) is 0 Å². The molecule has 0 saturated heterocycles. The number of allylic oxidation sites excluding steroid dienone is 4. The zero-order valence-electron chi connectivity index (χ0n) is 28.2. The molecule has 0 heterocycles. The molecule has 3 heteroatoms. The van der Waals surface area contributed by atoms with Gasteiger partial charge in [0, 0.05) is 0 Å². The molecule has 7 rings (SSSR count). The molecular formula is C43H46Cl2Zr. The van der Waals surface area contributed by atoms with E-state index >= 15 is 0 Å². The van der Waals surface area contributed by atoms with Crippen LogP contribution < -0.4 is 24.8 Å². The molecule has 1 fully saturated rings. The van der Waals surface area contributed by atoms with Gasteiger partial charge >= 0.3 is 275 Å². The molecule has 3 aliphatic carbocycles. The summed E-state index contributed by atoms with van der Waals surface area (Å²) < 4.78 is 3.87.